The molecule has 0 atom stereocenters. The van der Waals surface area contributed by atoms with E-state index in [0.717, 1.165) is 8.95 Å². The van der Waals surface area contributed by atoms with Crippen molar-refractivity contribution >= 4 is 37.7 Å². The molecule has 0 aliphatic heterocycles. The quantitative estimate of drug-likeness (QED) is 0.641. The first kappa shape index (κ1) is 13.0. The highest BCUT2D eigenvalue weighted by Crippen LogP contribution is 2.30. The zero-order valence-electron chi connectivity index (χ0n) is 9.02. The predicted octanol–water partition coefficient (Wildman–Crippen LogP) is 3.08. The lowest BCUT2D eigenvalue weighted by Gasteiger charge is -2.06. The predicted molar refractivity (Wildman–Crippen MR) is 75.0 cm³/mol. The molecule has 0 bridgehead atoms. The zero-order valence-corrected chi connectivity index (χ0v) is 12.2. The standard InChI is InChI=1S/C11H8Br2N4O/c12-6-1-2-9(7(13)5-6)18-11-16-4-3-8(17-11)10(14)15/h1-5H,(H3,14,15). The van der Waals surface area contributed by atoms with Gasteiger partial charge in [0, 0.05) is 10.7 Å². The molecule has 0 spiro atoms. The summed E-state index contributed by atoms with van der Waals surface area (Å²) in [5.41, 5.74) is 5.67. The molecule has 18 heavy (non-hydrogen) atoms. The van der Waals surface area contributed by atoms with Crippen molar-refractivity contribution in [3.63, 3.8) is 0 Å². The molecule has 0 radical (unpaired) electrons. The number of ether oxygens (including phenoxy) is 1. The minimum Gasteiger partial charge on any atom is -0.423 e. The number of nitrogens with zero attached hydrogens (tertiary/aromatic N) is 2. The number of hydrogen-bond donors (Lipinski definition) is 2. The molecule has 0 aliphatic carbocycles. The fraction of sp³-hybridized carbons (Fsp3) is 0. The third-order valence-corrected chi connectivity index (χ3v) is 3.12. The second-order valence-electron chi connectivity index (χ2n) is 3.31. The second kappa shape index (κ2) is 5.45. The molecule has 0 aliphatic rings. The van der Waals surface area contributed by atoms with E-state index in [4.69, 9.17) is 15.9 Å². The Hall–Kier alpha value is -1.47. The van der Waals surface area contributed by atoms with E-state index in [-0.39, 0.29) is 11.8 Å². The van der Waals surface area contributed by atoms with E-state index in [9.17, 15) is 0 Å². The van der Waals surface area contributed by atoms with E-state index < -0.39 is 0 Å². The van der Waals surface area contributed by atoms with Gasteiger partial charge in [-0.15, -0.1) is 0 Å². The number of nitrogens with one attached hydrogen (secondary N) is 1. The van der Waals surface area contributed by atoms with Crippen LogP contribution < -0.4 is 10.5 Å². The summed E-state index contributed by atoms with van der Waals surface area (Å²) in [4.78, 5) is 7.98. The smallest absolute Gasteiger partial charge is 0.322 e. The van der Waals surface area contributed by atoms with E-state index >= 15 is 0 Å². The summed E-state index contributed by atoms with van der Waals surface area (Å²) in [5, 5.41) is 7.30. The number of benzene rings is 1. The van der Waals surface area contributed by atoms with Gasteiger partial charge in [-0.1, -0.05) is 15.9 Å². The normalized spacial score (nSPS) is 10.1. The number of nitrogens with two attached hydrogens (primary N) is 1. The summed E-state index contributed by atoms with van der Waals surface area (Å²) < 4.78 is 7.22. The van der Waals surface area contributed by atoms with Crippen LogP contribution >= 0.6 is 31.9 Å². The molecule has 1 aromatic carbocycles. The first-order valence-corrected chi connectivity index (χ1v) is 6.45. The fourth-order valence-corrected chi connectivity index (χ4v) is 2.32. The van der Waals surface area contributed by atoms with Crippen molar-refractivity contribution in [1.82, 2.24) is 9.97 Å². The third kappa shape index (κ3) is 3.05. The molecule has 0 saturated heterocycles. The van der Waals surface area contributed by atoms with Crippen molar-refractivity contribution in [1.29, 1.82) is 5.41 Å². The minimum atomic E-state index is -0.128. The molecule has 0 unspecified atom stereocenters. The molecule has 3 N–H and O–H groups in total. The summed E-state index contributed by atoms with van der Waals surface area (Å²) in [6, 6.07) is 7.16. The van der Waals surface area contributed by atoms with Crippen molar-refractivity contribution in [2.45, 2.75) is 0 Å². The Morgan fingerprint density at radius 3 is 2.72 bits per heavy atom. The number of amidine groups is 1. The SMILES string of the molecule is N=C(N)c1ccnc(Oc2ccc(Br)cc2Br)n1. The lowest BCUT2D eigenvalue weighted by atomic mass is 10.3. The topological polar surface area (TPSA) is 84.9 Å². The molecular formula is C11H8Br2N4O. The van der Waals surface area contributed by atoms with Gasteiger partial charge in [0.25, 0.3) is 0 Å². The molecule has 7 heteroatoms. The van der Waals surface area contributed by atoms with Gasteiger partial charge in [0.1, 0.15) is 17.3 Å². The third-order valence-electron chi connectivity index (χ3n) is 2.00. The molecule has 5 nitrogen and oxygen atoms in total. The van der Waals surface area contributed by atoms with Crippen molar-refractivity contribution in [3.05, 3.63) is 45.1 Å². The van der Waals surface area contributed by atoms with Crippen LogP contribution in [0.2, 0.25) is 0 Å². The molecule has 1 aromatic heterocycles. The Labute approximate surface area is 120 Å². The molecule has 0 fully saturated rings. The Kier molecular flexibility index (Phi) is 3.93. The summed E-state index contributed by atoms with van der Waals surface area (Å²) in [6.45, 7) is 0. The van der Waals surface area contributed by atoms with Gasteiger partial charge in [0.05, 0.1) is 4.47 Å². The van der Waals surface area contributed by atoms with Gasteiger partial charge in [-0.3, -0.25) is 5.41 Å². The van der Waals surface area contributed by atoms with Crippen LogP contribution in [-0.4, -0.2) is 15.8 Å². The van der Waals surface area contributed by atoms with E-state index in [1.807, 2.05) is 12.1 Å². The summed E-state index contributed by atoms with van der Waals surface area (Å²) >= 11 is 6.73. The van der Waals surface area contributed by atoms with Gasteiger partial charge in [0.15, 0.2) is 0 Å². The first-order valence-electron chi connectivity index (χ1n) is 4.86. The maximum absolute atomic E-state index is 7.30. The van der Waals surface area contributed by atoms with Crippen LogP contribution in [-0.2, 0) is 0 Å². The average Bonchev–Trinajstić information content (AvgIpc) is 2.33. The van der Waals surface area contributed by atoms with Gasteiger partial charge in [-0.2, -0.15) is 4.98 Å². The van der Waals surface area contributed by atoms with Gasteiger partial charge >= 0.3 is 6.01 Å². The van der Waals surface area contributed by atoms with Crippen LogP contribution in [0.5, 0.6) is 11.8 Å². The summed E-state index contributed by atoms with van der Waals surface area (Å²) in [6.07, 6.45) is 1.49. The van der Waals surface area contributed by atoms with Gasteiger partial charge < -0.3 is 10.5 Å². The molecule has 2 rings (SSSR count). The largest absolute Gasteiger partial charge is 0.423 e. The number of hydrogen-bond acceptors (Lipinski definition) is 4. The Balaban J connectivity index is 2.28. The maximum Gasteiger partial charge on any atom is 0.322 e. The Bertz CT molecular complexity index is 603. The second-order valence-corrected chi connectivity index (χ2v) is 5.08. The van der Waals surface area contributed by atoms with Crippen LogP contribution in [0, 0.1) is 5.41 Å². The Morgan fingerprint density at radius 1 is 1.28 bits per heavy atom. The molecule has 1 heterocycles. The number of rotatable bonds is 3. The highest BCUT2D eigenvalue weighted by Gasteiger charge is 2.07. The molecule has 0 saturated carbocycles. The maximum atomic E-state index is 7.30. The first-order chi connectivity index (χ1) is 8.56. The molecule has 2 aromatic rings. The fourth-order valence-electron chi connectivity index (χ4n) is 1.20. The lowest BCUT2D eigenvalue weighted by Crippen LogP contribution is -2.13. The van der Waals surface area contributed by atoms with Crippen molar-refractivity contribution < 1.29 is 4.74 Å². The lowest BCUT2D eigenvalue weighted by molar-refractivity contribution is 0.438. The van der Waals surface area contributed by atoms with E-state index in [2.05, 4.69) is 41.8 Å². The van der Waals surface area contributed by atoms with Crippen molar-refractivity contribution in [2.75, 3.05) is 0 Å². The monoisotopic (exact) mass is 370 g/mol. The highest BCUT2D eigenvalue weighted by atomic mass is 79.9. The summed E-state index contributed by atoms with van der Waals surface area (Å²) in [5.74, 6) is 0.455. The van der Waals surface area contributed by atoms with Crippen molar-refractivity contribution in [3.8, 4) is 11.8 Å². The average molecular weight is 372 g/mol. The van der Waals surface area contributed by atoms with Crippen molar-refractivity contribution in [2.24, 2.45) is 5.73 Å². The number of halogens is 2. The van der Waals surface area contributed by atoms with Crippen LogP contribution in [0.4, 0.5) is 0 Å². The van der Waals surface area contributed by atoms with Crippen LogP contribution in [0.25, 0.3) is 0 Å². The molecule has 0 amide bonds. The molecule has 92 valence electrons. The minimum absolute atomic E-state index is 0.128. The van der Waals surface area contributed by atoms with Gasteiger partial charge in [-0.05, 0) is 40.2 Å². The van der Waals surface area contributed by atoms with Crippen LogP contribution in [0.1, 0.15) is 5.69 Å². The van der Waals surface area contributed by atoms with Crippen LogP contribution in [0.15, 0.2) is 39.4 Å². The zero-order chi connectivity index (χ0) is 13.1. The van der Waals surface area contributed by atoms with E-state index in [1.165, 1.54) is 6.20 Å². The molecular weight excluding hydrogens is 364 g/mol. The number of aromatic nitrogens is 2. The van der Waals surface area contributed by atoms with Gasteiger partial charge in [0.2, 0.25) is 0 Å². The summed E-state index contributed by atoms with van der Waals surface area (Å²) in [7, 11) is 0. The number of nitrogen functional groups attached to an aromatic ring is 1. The van der Waals surface area contributed by atoms with E-state index in [1.54, 1.807) is 12.1 Å². The highest BCUT2D eigenvalue weighted by molar-refractivity contribution is 9.11. The Morgan fingerprint density at radius 2 is 2.06 bits per heavy atom. The van der Waals surface area contributed by atoms with E-state index in [0.29, 0.717) is 11.4 Å². The van der Waals surface area contributed by atoms with Crippen LogP contribution in [0.3, 0.4) is 0 Å². The van der Waals surface area contributed by atoms with Gasteiger partial charge in [-0.25, -0.2) is 4.98 Å².